The van der Waals surface area contributed by atoms with E-state index in [0.29, 0.717) is 5.15 Å². The van der Waals surface area contributed by atoms with E-state index in [2.05, 4.69) is 28.7 Å². The first-order valence-corrected chi connectivity index (χ1v) is 8.51. The summed E-state index contributed by atoms with van der Waals surface area (Å²) in [7, 11) is 0. The van der Waals surface area contributed by atoms with Gasteiger partial charge >= 0.3 is 0 Å². The smallest absolute Gasteiger partial charge is 0.145 e. The molecule has 20 heavy (non-hydrogen) atoms. The molecule has 0 radical (unpaired) electrons. The fourth-order valence-electron chi connectivity index (χ4n) is 2.91. The molecule has 1 fully saturated rings. The van der Waals surface area contributed by atoms with Gasteiger partial charge in [-0.1, -0.05) is 25.4 Å². The molecule has 0 aromatic carbocycles. The Morgan fingerprint density at radius 2 is 2.10 bits per heavy atom. The summed E-state index contributed by atoms with van der Waals surface area (Å²) < 4.78 is 0. The summed E-state index contributed by atoms with van der Waals surface area (Å²) in [6.07, 6.45) is 2.57. The summed E-state index contributed by atoms with van der Waals surface area (Å²) in [4.78, 5) is 12.5. The van der Waals surface area contributed by atoms with Crippen LogP contribution in [0.4, 0.5) is 0 Å². The zero-order valence-corrected chi connectivity index (χ0v) is 13.5. The number of hydrogen-bond acceptors (Lipinski definition) is 4. The second kappa shape index (κ2) is 5.96. The Morgan fingerprint density at radius 3 is 2.80 bits per heavy atom. The maximum atomic E-state index is 6.22. The van der Waals surface area contributed by atoms with E-state index in [1.54, 1.807) is 11.3 Å². The normalized spacial score (nSPS) is 18.2. The molecule has 2 aromatic heterocycles. The van der Waals surface area contributed by atoms with Gasteiger partial charge in [0, 0.05) is 5.39 Å². The first-order valence-electron chi connectivity index (χ1n) is 7.25. The van der Waals surface area contributed by atoms with E-state index >= 15 is 0 Å². The number of halogens is 1. The molecule has 0 unspecified atom stereocenters. The minimum atomic E-state index is 0.586. The van der Waals surface area contributed by atoms with Gasteiger partial charge in [0.2, 0.25) is 0 Å². The maximum absolute atomic E-state index is 6.22. The number of rotatable bonds is 3. The third-order valence-corrected chi connectivity index (χ3v) is 5.36. The van der Waals surface area contributed by atoms with E-state index in [0.717, 1.165) is 47.5 Å². The first-order chi connectivity index (χ1) is 9.63. The summed E-state index contributed by atoms with van der Waals surface area (Å²) in [6.45, 7) is 7.76. The number of fused-ring (bicyclic) bond motifs is 1. The molecule has 0 aliphatic carbocycles. The maximum Gasteiger partial charge on any atom is 0.145 e. The number of thiophene rings is 1. The van der Waals surface area contributed by atoms with Crippen LogP contribution in [0.25, 0.3) is 10.2 Å². The van der Waals surface area contributed by atoms with Gasteiger partial charge in [0.25, 0.3) is 0 Å². The van der Waals surface area contributed by atoms with Gasteiger partial charge in [-0.05, 0) is 49.2 Å². The second-order valence-electron chi connectivity index (χ2n) is 5.93. The van der Waals surface area contributed by atoms with Crippen LogP contribution in [0.15, 0.2) is 11.4 Å². The van der Waals surface area contributed by atoms with E-state index in [9.17, 15) is 0 Å². The van der Waals surface area contributed by atoms with Gasteiger partial charge in [0.1, 0.15) is 15.8 Å². The Kier molecular flexibility index (Phi) is 4.24. The Labute approximate surface area is 129 Å². The number of likely N-dealkylation sites (tertiary alicyclic amines) is 1. The molecule has 0 spiro atoms. The van der Waals surface area contributed by atoms with Gasteiger partial charge in [-0.2, -0.15) is 0 Å². The zero-order valence-electron chi connectivity index (χ0n) is 12.0. The van der Waals surface area contributed by atoms with Gasteiger partial charge in [0.05, 0.1) is 6.54 Å². The molecule has 0 N–H and O–H groups in total. The lowest BCUT2D eigenvalue weighted by Gasteiger charge is -2.33. The van der Waals surface area contributed by atoms with Crippen LogP contribution in [0.2, 0.25) is 5.15 Å². The quantitative estimate of drug-likeness (QED) is 0.795. The molecule has 3 rings (SSSR count). The summed E-state index contributed by atoms with van der Waals surface area (Å²) in [5.41, 5.74) is 0. The minimum Gasteiger partial charge on any atom is -0.296 e. The molecule has 1 aliphatic rings. The molecule has 0 atom stereocenters. The van der Waals surface area contributed by atoms with Crippen molar-refractivity contribution in [3.63, 3.8) is 0 Å². The second-order valence-corrected chi connectivity index (χ2v) is 7.18. The van der Waals surface area contributed by atoms with Gasteiger partial charge in [-0.3, -0.25) is 4.90 Å². The molecule has 1 saturated heterocycles. The lowest BCUT2D eigenvalue weighted by molar-refractivity contribution is 0.149. The minimum absolute atomic E-state index is 0.586. The predicted octanol–water partition coefficient (Wildman–Crippen LogP) is 4.21. The van der Waals surface area contributed by atoms with E-state index in [1.807, 2.05) is 11.4 Å². The van der Waals surface area contributed by atoms with Gasteiger partial charge in [0.15, 0.2) is 0 Å². The Balaban J connectivity index is 1.68. The van der Waals surface area contributed by atoms with E-state index < -0.39 is 0 Å². The lowest BCUT2D eigenvalue weighted by Crippen LogP contribution is -2.35. The fraction of sp³-hybridized carbons (Fsp3) is 0.600. The van der Waals surface area contributed by atoms with Gasteiger partial charge in [-0.25, -0.2) is 9.97 Å². The lowest BCUT2D eigenvalue weighted by atomic mass is 9.87. The highest BCUT2D eigenvalue weighted by Gasteiger charge is 2.22. The highest BCUT2D eigenvalue weighted by molar-refractivity contribution is 7.16. The van der Waals surface area contributed by atoms with Crippen molar-refractivity contribution < 1.29 is 0 Å². The van der Waals surface area contributed by atoms with Crippen LogP contribution in [0, 0.1) is 11.8 Å². The molecule has 5 heteroatoms. The van der Waals surface area contributed by atoms with Crippen LogP contribution in [0.5, 0.6) is 0 Å². The predicted molar refractivity (Wildman–Crippen MR) is 85.3 cm³/mol. The third-order valence-electron chi connectivity index (χ3n) is 4.26. The first kappa shape index (κ1) is 14.2. The Bertz CT molecular complexity index is 588. The van der Waals surface area contributed by atoms with Crippen molar-refractivity contribution in [2.45, 2.75) is 33.2 Å². The third kappa shape index (κ3) is 2.97. The van der Waals surface area contributed by atoms with Crippen LogP contribution in [-0.4, -0.2) is 28.0 Å². The van der Waals surface area contributed by atoms with Crippen LogP contribution in [0.3, 0.4) is 0 Å². The molecule has 0 bridgehead atoms. The average Bonchev–Trinajstić information content (AvgIpc) is 2.88. The molecule has 1 aliphatic heterocycles. The van der Waals surface area contributed by atoms with E-state index in [-0.39, 0.29) is 0 Å². The van der Waals surface area contributed by atoms with Crippen molar-refractivity contribution >= 4 is 33.2 Å². The topological polar surface area (TPSA) is 29.0 Å². The molecular weight excluding hydrogens is 290 g/mol. The largest absolute Gasteiger partial charge is 0.296 e. The summed E-state index contributed by atoms with van der Waals surface area (Å²) in [5.74, 6) is 2.52. The Hall–Kier alpha value is -0.710. The number of piperidine rings is 1. The Morgan fingerprint density at radius 1 is 1.35 bits per heavy atom. The average molecular weight is 310 g/mol. The molecule has 108 valence electrons. The number of nitrogens with zero attached hydrogens (tertiary/aromatic N) is 3. The fourth-order valence-corrected chi connectivity index (χ4v) is 4.00. The zero-order chi connectivity index (χ0) is 14.1. The summed E-state index contributed by atoms with van der Waals surface area (Å²) in [5, 5.41) is 3.57. The highest BCUT2D eigenvalue weighted by atomic mass is 35.5. The molecule has 0 saturated carbocycles. The van der Waals surface area contributed by atoms with Crippen LogP contribution in [0.1, 0.15) is 32.5 Å². The van der Waals surface area contributed by atoms with Crippen molar-refractivity contribution in [3.05, 3.63) is 22.4 Å². The van der Waals surface area contributed by atoms with Crippen LogP contribution < -0.4 is 0 Å². The number of hydrogen-bond donors (Lipinski definition) is 0. The summed E-state index contributed by atoms with van der Waals surface area (Å²) >= 11 is 7.85. The molecule has 3 heterocycles. The van der Waals surface area contributed by atoms with E-state index in [1.165, 1.54) is 12.8 Å². The van der Waals surface area contributed by atoms with Gasteiger partial charge < -0.3 is 0 Å². The molecule has 3 nitrogen and oxygen atoms in total. The molecule has 2 aromatic rings. The van der Waals surface area contributed by atoms with Crippen molar-refractivity contribution in [1.82, 2.24) is 14.9 Å². The monoisotopic (exact) mass is 309 g/mol. The van der Waals surface area contributed by atoms with Crippen molar-refractivity contribution in [1.29, 1.82) is 0 Å². The van der Waals surface area contributed by atoms with Crippen LogP contribution in [-0.2, 0) is 6.54 Å². The van der Waals surface area contributed by atoms with Gasteiger partial charge in [-0.15, -0.1) is 11.3 Å². The molecule has 0 amide bonds. The highest BCUT2D eigenvalue weighted by Crippen LogP contribution is 2.27. The van der Waals surface area contributed by atoms with Crippen molar-refractivity contribution in [3.8, 4) is 0 Å². The standard InChI is InChI=1S/C15H20ClN3S/c1-10(2)11-3-6-19(7-4-11)9-13-17-14(16)12-5-8-20-15(12)18-13/h5,8,10-11H,3-4,6-7,9H2,1-2H3. The molecular formula is C15H20ClN3S. The van der Waals surface area contributed by atoms with Crippen LogP contribution >= 0.6 is 22.9 Å². The number of aromatic nitrogens is 2. The summed E-state index contributed by atoms with van der Waals surface area (Å²) in [6, 6.07) is 1.99. The van der Waals surface area contributed by atoms with Crippen molar-refractivity contribution in [2.24, 2.45) is 11.8 Å². The SMILES string of the molecule is CC(C)C1CCN(Cc2nc(Cl)c3ccsc3n2)CC1. The van der Waals surface area contributed by atoms with E-state index in [4.69, 9.17) is 11.6 Å². The van der Waals surface area contributed by atoms with Crippen molar-refractivity contribution in [2.75, 3.05) is 13.1 Å².